The molecular formula is C12H12ClNS. The summed E-state index contributed by atoms with van der Waals surface area (Å²) >= 11 is 7.69. The van der Waals surface area contributed by atoms with Gasteiger partial charge in [-0.1, -0.05) is 23.7 Å². The van der Waals surface area contributed by atoms with E-state index in [2.05, 4.69) is 28.2 Å². The summed E-state index contributed by atoms with van der Waals surface area (Å²) in [5.74, 6) is 0. The quantitative estimate of drug-likeness (QED) is 0.858. The third-order valence-electron chi connectivity index (χ3n) is 2.35. The highest BCUT2D eigenvalue weighted by atomic mass is 35.5. The molecule has 0 aliphatic rings. The zero-order valence-electron chi connectivity index (χ0n) is 8.41. The van der Waals surface area contributed by atoms with Crippen LogP contribution in [0.5, 0.6) is 0 Å². The summed E-state index contributed by atoms with van der Waals surface area (Å²) in [6.07, 6.45) is 0. The average molecular weight is 238 g/mol. The van der Waals surface area contributed by atoms with Gasteiger partial charge in [-0.25, -0.2) is 0 Å². The summed E-state index contributed by atoms with van der Waals surface area (Å²) in [7, 11) is 1.96. The molecule has 1 N–H and O–H groups in total. The van der Waals surface area contributed by atoms with Crippen LogP contribution in [0, 0.1) is 0 Å². The topological polar surface area (TPSA) is 12.0 Å². The molecule has 1 unspecified atom stereocenters. The van der Waals surface area contributed by atoms with Crippen LogP contribution in [0.4, 0.5) is 0 Å². The lowest BCUT2D eigenvalue weighted by Gasteiger charge is -2.15. The van der Waals surface area contributed by atoms with Crippen molar-refractivity contribution in [2.75, 3.05) is 7.05 Å². The first kappa shape index (κ1) is 10.7. The lowest BCUT2D eigenvalue weighted by atomic mass is 10.0. The van der Waals surface area contributed by atoms with E-state index in [-0.39, 0.29) is 6.04 Å². The third kappa shape index (κ3) is 2.40. The van der Waals surface area contributed by atoms with Crippen molar-refractivity contribution in [2.24, 2.45) is 0 Å². The van der Waals surface area contributed by atoms with E-state index in [1.54, 1.807) is 11.3 Å². The van der Waals surface area contributed by atoms with E-state index in [0.29, 0.717) is 0 Å². The first-order valence-corrected chi connectivity index (χ1v) is 6.08. The van der Waals surface area contributed by atoms with Crippen molar-refractivity contribution in [3.63, 3.8) is 0 Å². The largest absolute Gasteiger partial charge is 0.309 e. The fraction of sp³-hybridized carbons (Fsp3) is 0.167. The van der Waals surface area contributed by atoms with Crippen LogP contribution in [-0.2, 0) is 0 Å². The molecule has 15 heavy (non-hydrogen) atoms. The van der Waals surface area contributed by atoms with Crippen molar-refractivity contribution < 1.29 is 0 Å². The molecule has 0 radical (unpaired) electrons. The zero-order chi connectivity index (χ0) is 10.7. The molecular weight excluding hydrogens is 226 g/mol. The Kier molecular flexibility index (Phi) is 3.41. The molecule has 0 bridgehead atoms. The first-order valence-electron chi connectivity index (χ1n) is 4.76. The predicted octanol–water partition coefficient (Wildman–Crippen LogP) is 3.71. The maximum Gasteiger partial charge on any atom is 0.0583 e. The van der Waals surface area contributed by atoms with Crippen molar-refractivity contribution in [3.8, 4) is 0 Å². The fourth-order valence-corrected chi connectivity index (χ4v) is 2.54. The summed E-state index contributed by atoms with van der Waals surface area (Å²) in [5.41, 5.74) is 2.48. The second-order valence-corrected chi connectivity index (χ2v) is 4.55. The van der Waals surface area contributed by atoms with Crippen molar-refractivity contribution >= 4 is 22.9 Å². The van der Waals surface area contributed by atoms with E-state index in [0.717, 1.165) is 5.02 Å². The van der Waals surface area contributed by atoms with Gasteiger partial charge < -0.3 is 5.32 Å². The number of hydrogen-bond acceptors (Lipinski definition) is 2. The number of rotatable bonds is 3. The van der Waals surface area contributed by atoms with Crippen molar-refractivity contribution in [2.45, 2.75) is 6.04 Å². The smallest absolute Gasteiger partial charge is 0.0583 e. The van der Waals surface area contributed by atoms with Gasteiger partial charge in [0.2, 0.25) is 0 Å². The van der Waals surface area contributed by atoms with Crippen LogP contribution in [0.3, 0.4) is 0 Å². The Morgan fingerprint density at radius 2 is 2.13 bits per heavy atom. The van der Waals surface area contributed by atoms with Crippen LogP contribution >= 0.6 is 22.9 Å². The molecule has 0 spiro atoms. The van der Waals surface area contributed by atoms with Gasteiger partial charge in [-0.05, 0) is 47.1 Å². The molecule has 1 aromatic heterocycles. The second kappa shape index (κ2) is 4.79. The molecule has 1 atom stereocenters. The third-order valence-corrected chi connectivity index (χ3v) is 3.28. The van der Waals surface area contributed by atoms with Gasteiger partial charge in [0, 0.05) is 5.02 Å². The van der Waals surface area contributed by atoms with Crippen molar-refractivity contribution in [1.82, 2.24) is 5.32 Å². The Labute approximate surface area is 98.7 Å². The maximum atomic E-state index is 5.98. The maximum absolute atomic E-state index is 5.98. The van der Waals surface area contributed by atoms with Gasteiger partial charge in [0.05, 0.1) is 6.04 Å². The van der Waals surface area contributed by atoms with E-state index >= 15 is 0 Å². The molecule has 78 valence electrons. The zero-order valence-corrected chi connectivity index (χ0v) is 9.98. The summed E-state index contributed by atoms with van der Waals surface area (Å²) in [5, 5.41) is 8.32. The van der Waals surface area contributed by atoms with E-state index in [9.17, 15) is 0 Å². The lowest BCUT2D eigenvalue weighted by molar-refractivity contribution is 0.694. The number of halogens is 1. The fourth-order valence-electron chi connectivity index (χ4n) is 1.65. The van der Waals surface area contributed by atoms with Crippen LogP contribution in [-0.4, -0.2) is 7.05 Å². The number of hydrogen-bond donors (Lipinski definition) is 1. The molecule has 1 aromatic carbocycles. The van der Waals surface area contributed by atoms with Crippen LogP contribution in [0.2, 0.25) is 5.02 Å². The summed E-state index contributed by atoms with van der Waals surface area (Å²) in [6.45, 7) is 0. The van der Waals surface area contributed by atoms with Gasteiger partial charge >= 0.3 is 0 Å². The number of thiophene rings is 1. The molecule has 1 heterocycles. The molecule has 3 heteroatoms. The van der Waals surface area contributed by atoms with Gasteiger partial charge in [-0.15, -0.1) is 0 Å². The molecule has 0 fully saturated rings. The van der Waals surface area contributed by atoms with Gasteiger partial charge in [-0.2, -0.15) is 11.3 Å². The van der Waals surface area contributed by atoms with Crippen LogP contribution in [0.1, 0.15) is 17.2 Å². The number of benzene rings is 1. The number of nitrogens with one attached hydrogen (secondary N) is 1. The lowest BCUT2D eigenvalue weighted by Crippen LogP contribution is -2.16. The molecule has 1 nitrogen and oxygen atoms in total. The van der Waals surface area contributed by atoms with Gasteiger partial charge in [0.1, 0.15) is 0 Å². The first-order chi connectivity index (χ1) is 7.31. The molecule has 0 amide bonds. The van der Waals surface area contributed by atoms with Crippen LogP contribution < -0.4 is 5.32 Å². The van der Waals surface area contributed by atoms with E-state index in [1.165, 1.54) is 11.1 Å². The Morgan fingerprint density at radius 1 is 1.27 bits per heavy atom. The molecule has 2 aromatic rings. The van der Waals surface area contributed by atoms with E-state index in [1.807, 2.05) is 25.2 Å². The normalized spacial score (nSPS) is 12.7. The molecule has 0 aliphatic heterocycles. The highest BCUT2D eigenvalue weighted by molar-refractivity contribution is 7.08. The summed E-state index contributed by atoms with van der Waals surface area (Å²) < 4.78 is 0. The van der Waals surface area contributed by atoms with E-state index < -0.39 is 0 Å². The highest BCUT2D eigenvalue weighted by Crippen LogP contribution is 2.25. The Bertz CT molecular complexity index is 425. The van der Waals surface area contributed by atoms with Crippen molar-refractivity contribution in [3.05, 3.63) is 57.2 Å². The average Bonchev–Trinajstić information content (AvgIpc) is 2.72. The predicted molar refractivity (Wildman–Crippen MR) is 66.7 cm³/mol. The minimum absolute atomic E-state index is 0.231. The highest BCUT2D eigenvalue weighted by Gasteiger charge is 2.11. The van der Waals surface area contributed by atoms with Gasteiger partial charge in [-0.3, -0.25) is 0 Å². The minimum atomic E-state index is 0.231. The van der Waals surface area contributed by atoms with Gasteiger partial charge in [0.25, 0.3) is 0 Å². The minimum Gasteiger partial charge on any atom is -0.309 e. The molecule has 2 rings (SSSR count). The molecule has 0 saturated carbocycles. The second-order valence-electron chi connectivity index (χ2n) is 3.33. The Morgan fingerprint density at radius 3 is 2.73 bits per heavy atom. The monoisotopic (exact) mass is 237 g/mol. The van der Waals surface area contributed by atoms with E-state index in [4.69, 9.17) is 11.6 Å². The summed E-state index contributed by atoms with van der Waals surface area (Å²) in [6, 6.07) is 10.3. The SMILES string of the molecule is CNC(c1ccsc1)c1cccc(Cl)c1. The summed E-state index contributed by atoms with van der Waals surface area (Å²) in [4.78, 5) is 0. The standard InChI is InChI=1S/C12H12ClNS/c1-14-12(10-5-6-15-8-10)9-3-2-4-11(13)7-9/h2-8,12,14H,1H3. The molecule has 0 aliphatic carbocycles. The molecule has 0 saturated heterocycles. The van der Waals surface area contributed by atoms with Crippen LogP contribution in [0.15, 0.2) is 41.1 Å². The van der Waals surface area contributed by atoms with Crippen LogP contribution in [0.25, 0.3) is 0 Å². The van der Waals surface area contributed by atoms with Crippen molar-refractivity contribution in [1.29, 1.82) is 0 Å². The van der Waals surface area contributed by atoms with Gasteiger partial charge in [0.15, 0.2) is 0 Å². The Hall–Kier alpha value is -0.830. The Balaban J connectivity index is 2.35.